The van der Waals surface area contributed by atoms with Crippen LogP contribution in [0.5, 0.6) is 0 Å². The standard InChI is InChI=1S/C8H7ClO2.C2H6/c9-7-3-1-2-6(4-7)5-8(10)11;1-2/h1-4H,5H2,(H,10,11);1-2H3. The third-order valence-electron chi connectivity index (χ3n) is 1.24. The molecule has 0 unspecified atom stereocenters. The Hall–Kier alpha value is -1.02. The molecule has 0 bridgehead atoms. The summed E-state index contributed by atoms with van der Waals surface area (Å²) in [5.41, 5.74) is 0.727. The fraction of sp³-hybridized carbons (Fsp3) is 0.300. The third-order valence-corrected chi connectivity index (χ3v) is 1.48. The molecule has 1 aromatic rings. The van der Waals surface area contributed by atoms with Crippen molar-refractivity contribution in [1.29, 1.82) is 0 Å². The molecule has 0 aliphatic rings. The molecule has 0 aromatic heterocycles. The van der Waals surface area contributed by atoms with Gasteiger partial charge in [0.15, 0.2) is 0 Å². The highest BCUT2D eigenvalue weighted by molar-refractivity contribution is 6.30. The van der Waals surface area contributed by atoms with Crippen LogP contribution in [0.1, 0.15) is 19.4 Å². The molecule has 2 nitrogen and oxygen atoms in total. The molecule has 3 heteroatoms. The molecule has 13 heavy (non-hydrogen) atoms. The highest BCUT2D eigenvalue weighted by Gasteiger charge is 1.99. The van der Waals surface area contributed by atoms with Crippen LogP contribution in [0.4, 0.5) is 0 Å². The predicted molar refractivity (Wildman–Crippen MR) is 54.1 cm³/mol. The number of carboxylic acids is 1. The molecule has 1 rings (SSSR count). The fourth-order valence-corrected chi connectivity index (χ4v) is 1.03. The zero-order valence-electron chi connectivity index (χ0n) is 7.75. The van der Waals surface area contributed by atoms with Gasteiger partial charge in [0.25, 0.3) is 0 Å². The number of carboxylic acid groups (broad SMARTS) is 1. The van der Waals surface area contributed by atoms with E-state index in [4.69, 9.17) is 16.7 Å². The van der Waals surface area contributed by atoms with Crippen LogP contribution in [-0.2, 0) is 11.2 Å². The molecule has 0 fully saturated rings. The van der Waals surface area contributed by atoms with E-state index in [2.05, 4.69) is 0 Å². The maximum absolute atomic E-state index is 10.2. The van der Waals surface area contributed by atoms with Gasteiger partial charge in [0.2, 0.25) is 0 Å². The van der Waals surface area contributed by atoms with E-state index in [1.54, 1.807) is 24.3 Å². The summed E-state index contributed by atoms with van der Waals surface area (Å²) in [4.78, 5) is 10.2. The maximum Gasteiger partial charge on any atom is 0.307 e. The van der Waals surface area contributed by atoms with Gasteiger partial charge in [-0.1, -0.05) is 37.6 Å². The zero-order valence-corrected chi connectivity index (χ0v) is 8.51. The van der Waals surface area contributed by atoms with Crippen LogP contribution in [0.25, 0.3) is 0 Å². The van der Waals surface area contributed by atoms with E-state index in [9.17, 15) is 4.79 Å². The fourth-order valence-electron chi connectivity index (χ4n) is 0.822. The first-order valence-corrected chi connectivity index (χ1v) is 4.52. The smallest absolute Gasteiger partial charge is 0.307 e. The van der Waals surface area contributed by atoms with Gasteiger partial charge in [-0.3, -0.25) is 4.79 Å². The van der Waals surface area contributed by atoms with E-state index in [0.29, 0.717) is 5.02 Å². The number of benzene rings is 1. The van der Waals surface area contributed by atoms with Crippen LogP contribution in [0.3, 0.4) is 0 Å². The van der Waals surface area contributed by atoms with E-state index in [-0.39, 0.29) is 6.42 Å². The molecule has 0 heterocycles. The van der Waals surface area contributed by atoms with Crippen molar-refractivity contribution in [2.75, 3.05) is 0 Å². The second-order valence-electron chi connectivity index (χ2n) is 2.20. The first-order chi connectivity index (χ1) is 6.18. The lowest BCUT2D eigenvalue weighted by Gasteiger charge is -1.95. The highest BCUT2D eigenvalue weighted by Crippen LogP contribution is 2.10. The first kappa shape index (κ1) is 12.0. The molecule has 1 aromatic carbocycles. The van der Waals surface area contributed by atoms with Gasteiger partial charge in [-0.2, -0.15) is 0 Å². The Kier molecular flexibility index (Phi) is 5.98. The Morgan fingerprint density at radius 1 is 1.46 bits per heavy atom. The zero-order chi connectivity index (χ0) is 10.3. The van der Waals surface area contributed by atoms with E-state index < -0.39 is 5.97 Å². The first-order valence-electron chi connectivity index (χ1n) is 4.15. The number of hydrogen-bond acceptors (Lipinski definition) is 1. The number of halogens is 1. The van der Waals surface area contributed by atoms with E-state index in [1.807, 2.05) is 13.8 Å². The normalized spacial score (nSPS) is 8.54. The number of rotatable bonds is 2. The lowest BCUT2D eigenvalue weighted by Crippen LogP contribution is -1.99. The van der Waals surface area contributed by atoms with Gasteiger partial charge in [0.05, 0.1) is 6.42 Å². The topological polar surface area (TPSA) is 37.3 Å². The van der Waals surface area contributed by atoms with Crippen molar-refractivity contribution in [2.45, 2.75) is 20.3 Å². The second-order valence-corrected chi connectivity index (χ2v) is 2.64. The molecule has 0 amide bonds. The minimum atomic E-state index is -0.840. The summed E-state index contributed by atoms with van der Waals surface area (Å²) in [6.07, 6.45) is 0.0283. The van der Waals surface area contributed by atoms with Crippen LogP contribution in [-0.4, -0.2) is 11.1 Å². The average molecular weight is 201 g/mol. The minimum Gasteiger partial charge on any atom is -0.481 e. The summed E-state index contributed by atoms with van der Waals surface area (Å²) < 4.78 is 0. The van der Waals surface area contributed by atoms with E-state index in [0.717, 1.165) is 5.56 Å². The van der Waals surface area contributed by atoms with Crippen molar-refractivity contribution in [3.63, 3.8) is 0 Å². The summed E-state index contributed by atoms with van der Waals surface area (Å²) >= 11 is 5.64. The van der Waals surface area contributed by atoms with Gasteiger partial charge in [0, 0.05) is 5.02 Å². The number of aliphatic carboxylic acids is 1. The molecular formula is C10H13ClO2. The molecular weight excluding hydrogens is 188 g/mol. The lowest BCUT2D eigenvalue weighted by molar-refractivity contribution is -0.136. The molecule has 0 radical (unpaired) electrons. The molecule has 0 atom stereocenters. The second kappa shape index (κ2) is 6.49. The largest absolute Gasteiger partial charge is 0.481 e. The van der Waals surface area contributed by atoms with Gasteiger partial charge >= 0.3 is 5.97 Å². The van der Waals surface area contributed by atoms with Crippen LogP contribution in [0, 0.1) is 0 Å². The van der Waals surface area contributed by atoms with E-state index in [1.165, 1.54) is 0 Å². The Bertz CT molecular complexity index is 271. The van der Waals surface area contributed by atoms with Crippen LogP contribution in [0.2, 0.25) is 5.02 Å². The van der Waals surface area contributed by atoms with Gasteiger partial charge in [-0.15, -0.1) is 0 Å². The Morgan fingerprint density at radius 3 is 2.54 bits per heavy atom. The SMILES string of the molecule is CC.O=C(O)Cc1cccc(Cl)c1. The van der Waals surface area contributed by atoms with Crippen molar-refractivity contribution in [1.82, 2.24) is 0 Å². The van der Waals surface area contributed by atoms with Crippen LogP contribution >= 0.6 is 11.6 Å². The van der Waals surface area contributed by atoms with Crippen LogP contribution < -0.4 is 0 Å². The molecule has 0 aliphatic carbocycles. The summed E-state index contributed by atoms with van der Waals surface area (Å²) in [7, 11) is 0. The van der Waals surface area contributed by atoms with Crippen molar-refractivity contribution >= 4 is 17.6 Å². The molecule has 0 aliphatic heterocycles. The molecule has 0 spiro atoms. The molecule has 0 saturated heterocycles. The average Bonchev–Trinajstić information content (AvgIpc) is 2.06. The Morgan fingerprint density at radius 2 is 2.08 bits per heavy atom. The van der Waals surface area contributed by atoms with Gasteiger partial charge in [-0.05, 0) is 17.7 Å². The molecule has 1 N–H and O–H groups in total. The lowest BCUT2D eigenvalue weighted by atomic mass is 10.2. The maximum atomic E-state index is 10.2. The van der Waals surface area contributed by atoms with E-state index >= 15 is 0 Å². The Labute approximate surface area is 83.2 Å². The summed E-state index contributed by atoms with van der Waals surface area (Å²) in [5.74, 6) is -0.840. The minimum absolute atomic E-state index is 0.0283. The van der Waals surface area contributed by atoms with Crippen molar-refractivity contribution in [2.24, 2.45) is 0 Å². The quantitative estimate of drug-likeness (QED) is 0.797. The van der Waals surface area contributed by atoms with Crippen molar-refractivity contribution in [3.8, 4) is 0 Å². The van der Waals surface area contributed by atoms with Gasteiger partial charge in [0.1, 0.15) is 0 Å². The predicted octanol–water partition coefficient (Wildman–Crippen LogP) is 2.99. The van der Waals surface area contributed by atoms with Crippen molar-refractivity contribution < 1.29 is 9.90 Å². The third kappa shape index (κ3) is 5.26. The summed E-state index contributed by atoms with van der Waals surface area (Å²) in [6, 6.07) is 6.84. The van der Waals surface area contributed by atoms with Gasteiger partial charge in [-0.25, -0.2) is 0 Å². The molecule has 72 valence electrons. The number of hydrogen-bond donors (Lipinski definition) is 1. The summed E-state index contributed by atoms with van der Waals surface area (Å²) in [6.45, 7) is 4.00. The highest BCUT2D eigenvalue weighted by atomic mass is 35.5. The van der Waals surface area contributed by atoms with Crippen molar-refractivity contribution in [3.05, 3.63) is 34.9 Å². The Balaban J connectivity index is 0.000000671. The van der Waals surface area contributed by atoms with Crippen LogP contribution in [0.15, 0.2) is 24.3 Å². The van der Waals surface area contributed by atoms with Gasteiger partial charge < -0.3 is 5.11 Å². The molecule has 0 saturated carbocycles. The monoisotopic (exact) mass is 200 g/mol. The number of carbonyl (C=O) groups is 1. The summed E-state index contributed by atoms with van der Waals surface area (Å²) in [5, 5.41) is 8.99.